The lowest BCUT2D eigenvalue weighted by Gasteiger charge is -2.28. The second-order valence-electron chi connectivity index (χ2n) is 16.1. The first-order valence-electron chi connectivity index (χ1n) is 20.1. The van der Waals surface area contributed by atoms with Gasteiger partial charge in [0.1, 0.15) is 0 Å². The van der Waals surface area contributed by atoms with E-state index in [0.29, 0.717) is 0 Å². The summed E-state index contributed by atoms with van der Waals surface area (Å²) in [5, 5.41) is 7.58. The quantitative estimate of drug-likeness (QED) is 0.170. The smallest absolute Gasteiger partial charge is 0.0625 e. The molecule has 0 unspecified atom stereocenters. The molecule has 0 radical (unpaired) electrons. The first kappa shape index (κ1) is 33.2. The monoisotopic (exact) mass is 758 g/mol. The van der Waals surface area contributed by atoms with Gasteiger partial charge in [0, 0.05) is 64.5 Å². The number of anilines is 3. The lowest BCUT2D eigenvalue weighted by atomic mass is 9.82. The van der Waals surface area contributed by atoms with Crippen molar-refractivity contribution in [3.8, 4) is 27.9 Å². The maximum atomic E-state index is 2.49. The molecule has 0 aliphatic heterocycles. The van der Waals surface area contributed by atoms with Crippen LogP contribution in [0.25, 0.3) is 80.7 Å². The summed E-state index contributed by atoms with van der Waals surface area (Å²) in [5.74, 6) is 0. The number of thiophene rings is 1. The number of hydrogen-bond acceptors (Lipinski definition) is 2. The van der Waals surface area contributed by atoms with Crippen LogP contribution in [0.2, 0.25) is 0 Å². The molecule has 0 atom stereocenters. The molecule has 274 valence electrons. The maximum absolute atomic E-state index is 2.49. The summed E-state index contributed by atoms with van der Waals surface area (Å²) in [6.07, 6.45) is 0. The van der Waals surface area contributed by atoms with Gasteiger partial charge in [0.25, 0.3) is 0 Å². The van der Waals surface area contributed by atoms with E-state index >= 15 is 0 Å². The second kappa shape index (κ2) is 12.5. The summed E-state index contributed by atoms with van der Waals surface area (Å²) in [6.45, 7) is 4.72. The van der Waals surface area contributed by atoms with E-state index in [1.807, 2.05) is 11.3 Å². The molecule has 2 aromatic heterocycles. The minimum absolute atomic E-state index is 0.109. The molecule has 2 heterocycles. The number of nitrogens with zero attached hydrogens (tertiary/aromatic N) is 2. The van der Waals surface area contributed by atoms with Crippen molar-refractivity contribution in [2.24, 2.45) is 0 Å². The zero-order valence-corrected chi connectivity index (χ0v) is 33.1. The minimum atomic E-state index is -0.109. The fraction of sp³-hybridized carbons (Fsp3) is 0.0545. The van der Waals surface area contributed by atoms with Gasteiger partial charge < -0.3 is 9.47 Å². The number of rotatable bonds is 5. The highest BCUT2D eigenvalue weighted by molar-refractivity contribution is 7.25. The molecule has 0 fully saturated rings. The summed E-state index contributed by atoms with van der Waals surface area (Å²) in [4.78, 5) is 2.44. The molecule has 0 amide bonds. The first-order valence-corrected chi connectivity index (χ1v) is 20.9. The molecule has 58 heavy (non-hydrogen) atoms. The fourth-order valence-corrected chi connectivity index (χ4v) is 10.9. The van der Waals surface area contributed by atoms with E-state index in [1.54, 1.807) is 0 Å². The molecule has 0 spiro atoms. The van der Waals surface area contributed by atoms with E-state index in [1.165, 1.54) is 86.1 Å². The summed E-state index contributed by atoms with van der Waals surface area (Å²) < 4.78 is 5.12. The predicted octanol–water partition coefficient (Wildman–Crippen LogP) is 15.7. The van der Waals surface area contributed by atoms with Crippen molar-refractivity contribution in [2.75, 3.05) is 4.90 Å². The second-order valence-corrected chi connectivity index (χ2v) is 17.2. The average molecular weight is 759 g/mol. The predicted molar refractivity (Wildman–Crippen MR) is 249 cm³/mol. The molecule has 1 aliphatic carbocycles. The SMILES string of the molecule is CC1(C)c2ccccc2-c2ccc(N(c3ccccc3)c3ccc4c(c3)c3c(-c5ccc6sc7ccccc7c6c5)cc5ccccc5c3n4-c3ccccc3)cc21. The van der Waals surface area contributed by atoms with Crippen molar-refractivity contribution >= 4 is 81.1 Å². The number of hydrogen-bond donors (Lipinski definition) is 0. The van der Waals surface area contributed by atoms with Crippen LogP contribution in [0.4, 0.5) is 17.1 Å². The van der Waals surface area contributed by atoms with Gasteiger partial charge in [0.05, 0.1) is 11.0 Å². The summed E-state index contributed by atoms with van der Waals surface area (Å²) >= 11 is 1.87. The van der Waals surface area contributed by atoms with Crippen molar-refractivity contribution < 1.29 is 0 Å². The van der Waals surface area contributed by atoms with Crippen LogP contribution >= 0.6 is 11.3 Å². The van der Waals surface area contributed by atoms with Gasteiger partial charge >= 0.3 is 0 Å². The molecule has 2 nitrogen and oxygen atoms in total. The molecular weight excluding hydrogens is 721 g/mol. The average Bonchev–Trinajstić information content (AvgIpc) is 3.89. The summed E-state index contributed by atoms with van der Waals surface area (Å²) in [6, 6.07) is 72.0. The van der Waals surface area contributed by atoms with Crippen molar-refractivity contribution in [1.29, 1.82) is 0 Å². The van der Waals surface area contributed by atoms with E-state index < -0.39 is 0 Å². The molecule has 3 heteroatoms. The van der Waals surface area contributed by atoms with Gasteiger partial charge in [0.2, 0.25) is 0 Å². The maximum Gasteiger partial charge on any atom is 0.0625 e. The van der Waals surface area contributed by atoms with Crippen molar-refractivity contribution in [1.82, 2.24) is 4.57 Å². The topological polar surface area (TPSA) is 8.17 Å². The Kier molecular flexibility index (Phi) is 7.18. The van der Waals surface area contributed by atoms with Crippen LogP contribution in [-0.4, -0.2) is 4.57 Å². The number of benzene rings is 9. The molecule has 9 aromatic carbocycles. The van der Waals surface area contributed by atoms with Crippen LogP contribution in [0.15, 0.2) is 194 Å². The molecular formula is C55H38N2S. The Morgan fingerprint density at radius 1 is 0.448 bits per heavy atom. The van der Waals surface area contributed by atoms with Gasteiger partial charge in [0.15, 0.2) is 0 Å². The van der Waals surface area contributed by atoms with Gasteiger partial charge in [-0.2, -0.15) is 0 Å². The Balaban J connectivity index is 1.16. The Labute approximate surface area is 341 Å². The zero-order valence-electron chi connectivity index (χ0n) is 32.3. The Morgan fingerprint density at radius 2 is 1.12 bits per heavy atom. The first-order chi connectivity index (χ1) is 28.5. The van der Waals surface area contributed by atoms with Crippen molar-refractivity contribution in [2.45, 2.75) is 19.3 Å². The van der Waals surface area contributed by atoms with Gasteiger partial charge in [-0.3, -0.25) is 0 Å². The van der Waals surface area contributed by atoms with Gasteiger partial charge in [-0.05, 0) is 118 Å². The van der Waals surface area contributed by atoms with Gasteiger partial charge in [-0.25, -0.2) is 0 Å². The van der Waals surface area contributed by atoms with Gasteiger partial charge in [-0.15, -0.1) is 11.3 Å². The van der Waals surface area contributed by atoms with Crippen molar-refractivity contribution in [3.05, 3.63) is 205 Å². The highest BCUT2D eigenvalue weighted by Gasteiger charge is 2.36. The Hall–Kier alpha value is -6.94. The Bertz CT molecular complexity index is 3430. The van der Waals surface area contributed by atoms with Crippen molar-refractivity contribution in [3.63, 3.8) is 0 Å². The Morgan fingerprint density at radius 3 is 1.98 bits per heavy atom. The molecule has 0 bridgehead atoms. The van der Waals surface area contributed by atoms with Crippen LogP contribution < -0.4 is 4.90 Å². The van der Waals surface area contributed by atoms with Crippen LogP contribution in [0, 0.1) is 0 Å². The van der Waals surface area contributed by atoms with Gasteiger partial charge in [-0.1, -0.05) is 129 Å². The lowest BCUT2D eigenvalue weighted by Crippen LogP contribution is -2.16. The van der Waals surface area contributed by atoms with Crippen LogP contribution in [0.1, 0.15) is 25.0 Å². The summed E-state index contributed by atoms with van der Waals surface area (Å²) in [5.41, 5.74) is 14.7. The van der Waals surface area contributed by atoms with E-state index in [0.717, 1.165) is 22.7 Å². The lowest BCUT2D eigenvalue weighted by molar-refractivity contribution is 0.660. The van der Waals surface area contributed by atoms with E-state index in [-0.39, 0.29) is 5.41 Å². The third kappa shape index (κ3) is 4.84. The van der Waals surface area contributed by atoms with Crippen LogP contribution in [0.5, 0.6) is 0 Å². The highest BCUT2D eigenvalue weighted by atomic mass is 32.1. The van der Waals surface area contributed by atoms with Crippen LogP contribution in [0.3, 0.4) is 0 Å². The fourth-order valence-electron chi connectivity index (χ4n) is 9.83. The molecule has 12 rings (SSSR count). The van der Waals surface area contributed by atoms with E-state index in [4.69, 9.17) is 0 Å². The van der Waals surface area contributed by atoms with Crippen LogP contribution in [-0.2, 0) is 5.41 Å². The standard InChI is InChI=1S/C55H38N2S/c1-55(2)48-23-13-11-21-42(48)43-28-26-40(34-49(43)55)56(37-16-5-3-6-17-37)39-27-29-50-47(33-39)53-45(36-25-30-52-46(32-36)44-22-12-14-24-51(44)58-52)31-35-15-9-10-20-41(35)54(53)57(50)38-18-7-4-8-19-38/h3-34H,1-2H3. The zero-order chi connectivity index (χ0) is 38.5. The minimum Gasteiger partial charge on any atom is -0.310 e. The number of para-hydroxylation sites is 2. The van der Waals surface area contributed by atoms with E-state index in [9.17, 15) is 0 Å². The molecule has 1 aliphatic rings. The number of aromatic nitrogens is 1. The largest absolute Gasteiger partial charge is 0.310 e. The third-order valence-corrected chi connectivity index (χ3v) is 13.7. The third-order valence-electron chi connectivity index (χ3n) is 12.5. The molecule has 0 saturated heterocycles. The highest BCUT2D eigenvalue weighted by Crippen LogP contribution is 2.51. The normalized spacial score (nSPS) is 13.1. The molecule has 11 aromatic rings. The molecule has 0 saturated carbocycles. The van der Waals surface area contributed by atoms with E-state index in [2.05, 4.69) is 217 Å². The number of fused-ring (bicyclic) bond motifs is 11. The molecule has 0 N–H and O–H groups in total. The summed E-state index contributed by atoms with van der Waals surface area (Å²) in [7, 11) is 0.